The Bertz CT molecular complexity index is 520. The summed E-state index contributed by atoms with van der Waals surface area (Å²) in [5.74, 6) is 0.860. The molecule has 5 nitrogen and oxygen atoms in total. The lowest BCUT2D eigenvalue weighted by molar-refractivity contribution is -0.0984. The second kappa shape index (κ2) is 3.40. The molecule has 1 N–H and O–H groups in total. The second-order valence-corrected chi connectivity index (χ2v) is 3.93. The van der Waals surface area contributed by atoms with Crippen LogP contribution >= 0.6 is 0 Å². The van der Waals surface area contributed by atoms with Gasteiger partial charge in [-0.3, -0.25) is 4.98 Å². The van der Waals surface area contributed by atoms with Crippen molar-refractivity contribution in [1.82, 2.24) is 19.6 Å². The van der Waals surface area contributed by atoms with Crippen LogP contribution in [0.15, 0.2) is 24.4 Å². The number of pyridine rings is 1. The molecule has 0 spiro atoms. The predicted molar refractivity (Wildman–Crippen MR) is 57.5 cm³/mol. The Morgan fingerprint density at radius 2 is 2.19 bits per heavy atom. The van der Waals surface area contributed by atoms with Crippen LogP contribution in [0, 0.1) is 0 Å². The Labute approximate surface area is 92.9 Å². The first-order valence-electron chi connectivity index (χ1n) is 5.15. The summed E-state index contributed by atoms with van der Waals surface area (Å²) in [5, 5.41) is 10.7. The van der Waals surface area contributed by atoms with E-state index in [1.54, 1.807) is 6.20 Å². The van der Waals surface area contributed by atoms with Gasteiger partial charge in [-0.05, 0) is 12.1 Å². The van der Waals surface area contributed by atoms with Gasteiger partial charge in [0.15, 0.2) is 5.82 Å². The maximum Gasteiger partial charge on any atom is 0.158 e. The van der Waals surface area contributed by atoms with E-state index in [9.17, 15) is 5.21 Å². The maximum atomic E-state index is 9.39. The molecule has 3 rings (SSSR count). The highest BCUT2D eigenvalue weighted by Crippen LogP contribution is 2.25. The number of hydroxylamine groups is 2. The number of nitrogens with zero attached hydrogens (tertiary/aromatic N) is 4. The smallest absolute Gasteiger partial charge is 0.158 e. The third kappa shape index (κ3) is 1.33. The van der Waals surface area contributed by atoms with Gasteiger partial charge in [0.2, 0.25) is 0 Å². The summed E-state index contributed by atoms with van der Waals surface area (Å²) in [6.07, 6.45) is 1.76. The highest BCUT2D eigenvalue weighted by molar-refractivity contribution is 5.51. The summed E-state index contributed by atoms with van der Waals surface area (Å²) in [5.41, 5.74) is 2.86. The topological polar surface area (TPSA) is 54.2 Å². The molecule has 5 heteroatoms. The number of hydrogen-bond donors (Lipinski definition) is 1. The van der Waals surface area contributed by atoms with E-state index >= 15 is 0 Å². The molecule has 2 aromatic heterocycles. The van der Waals surface area contributed by atoms with Crippen molar-refractivity contribution < 1.29 is 5.21 Å². The van der Waals surface area contributed by atoms with E-state index in [0.29, 0.717) is 13.1 Å². The molecule has 82 valence electrons. The normalized spacial score (nSPS) is 15.4. The molecular weight excluding hydrogens is 204 g/mol. The number of aromatic nitrogens is 3. The number of rotatable bonds is 1. The van der Waals surface area contributed by atoms with Crippen molar-refractivity contribution in [3.05, 3.63) is 35.8 Å². The summed E-state index contributed by atoms with van der Waals surface area (Å²) < 4.78 is 1.99. The predicted octanol–water partition coefficient (Wildman–Crippen LogP) is 1.19. The Hall–Kier alpha value is -1.72. The van der Waals surface area contributed by atoms with Crippen LogP contribution in [-0.4, -0.2) is 24.8 Å². The minimum Gasteiger partial charge on any atom is -0.328 e. The molecule has 0 unspecified atom stereocenters. The van der Waals surface area contributed by atoms with Crippen LogP contribution in [-0.2, 0) is 20.1 Å². The summed E-state index contributed by atoms with van der Waals surface area (Å²) in [6, 6.07) is 5.77. The average Bonchev–Trinajstić information content (AvgIpc) is 2.79. The number of hydrogen-bond acceptors (Lipinski definition) is 4. The molecule has 1 aliphatic rings. The van der Waals surface area contributed by atoms with E-state index in [-0.39, 0.29) is 0 Å². The Balaban J connectivity index is 2.09. The lowest BCUT2D eigenvalue weighted by atomic mass is 10.3. The standard InChI is InChI=1S/C11H12N4O/c1-14-10-7-15(16)6-9(10)13-11(14)8-4-2-3-5-12-8/h2-5,16H,6-7H2,1H3. The van der Waals surface area contributed by atoms with Crippen LogP contribution in [0.2, 0.25) is 0 Å². The molecule has 0 aliphatic carbocycles. The Kier molecular flexibility index (Phi) is 2.02. The number of imidazole rings is 1. The summed E-state index contributed by atoms with van der Waals surface area (Å²) in [6.45, 7) is 1.03. The third-order valence-electron chi connectivity index (χ3n) is 2.86. The van der Waals surface area contributed by atoms with E-state index in [1.807, 2.05) is 29.8 Å². The number of fused-ring (bicyclic) bond motifs is 1. The van der Waals surface area contributed by atoms with Crippen LogP contribution in [0.1, 0.15) is 11.4 Å². The zero-order valence-electron chi connectivity index (χ0n) is 8.96. The van der Waals surface area contributed by atoms with Crippen LogP contribution in [0.25, 0.3) is 11.5 Å². The molecule has 3 heterocycles. The average molecular weight is 216 g/mol. The highest BCUT2D eigenvalue weighted by atomic mass is 16.5. The molecule has 0 atom stereocenters. The van der Waals surface area contributed by atoms with Crippen LogP contribution in [0.5, 0.6) is 0 Å². The fourth-order valence-electron chi connectivity index (χ4n) is 2.04. The second-order valence-electron chi connectivity index (χ2n) is 3.93. The van der Waals surface area contributed by atoms with Gasteiger partial charge in [-0.25, -0.2) is 4.98 Å². The fraction of sp³-hybridized carbons (Fsp3) is 0.273. The van der Waals surface area contributed by atoms with E-state index < -0.39 is 0 Å². The molecule has 0 aromatic carbocycles. The van der Waals surface area contributed by atoms with Crippen molar-refractivity contribution in [1.29, 1.82) is 0 Å². The van der Waals surface area contributed by atoms with Gasteiger partial charge in [-0.1, -0.05) is 6.07 Å². The zero-order valence-corrected chi connectivity index (χ0v) is 8.96. The van der Waals surface area contributed by atoms with Gasteiger partial charge in [-0.2, -0.15) is 5.06 Å². The summed E-state index contributed by atoms with van der Waals surface area (Å²) >= 11 is 0. The van der Waals surface area contributed by atoms with E-state index in [2.05, 4.69) is 9.97 Å². The minimum absolute atomic E-state index is 0.496. The molecule has 0 amide bonds. The summed E-state index contributed by atoms with van der Waals surface area (Å²) in [7, 11) is 1.95. The third-order valence-corrected chi connectivity index (χ3v) is 2.86. The van der Waals surface area contributed by atoms with Gasteiger partial charge in [-0.15, -0.1) is 0 Å². The first-order chi connectivity index (χ1) is 7.75. The molecule has 0 saturated heterocycles. The van der Waals surface area contributed by atoms with Gasteiger partial charge in [0, 0.05) is 13.2 Å². The van der Waals surface area contributed by atoms with Gasteiger partial charge in [0.05, 0.1) is 24.5 Å². The Morgan fingerprint density at radius 3 is 2.88 bits per heavy atom. The summed E-state index contributed by atoms with van der Waals surface area (Å²) in [4.78, 5) is 8.79. The maximum absolute atomic E-state index is 9.39. The molecular formula is C11H12N4O. The van der Waals surface area contributed by atoms with Crippen LogP contribution in [0.3, 0.4) is 0 Å². The monoisotopic (exact) mass is 216 g/mol. The van der Waals surface area contributed by atoms with Crippen molar-refractivity contribution in [2.45, 2.75) is 13.1 Å². The van der Waals surface area contributed by atoms with Gasteiger partial charge >= 0.3 is 0 Å². The van der Waals surface area contributed by atoms with Crippen LogP contribution in [0.4, 0.5) is 0 Å². The van der Waals surface area contributed by atoms with Crippen molar-refractivity contribution in [2.75, 3.05) is 0 Å². The molecule has 16 heavy (non-hydrogen) atoms. The molecule has 0 saturated carbocycles. The molecule has 1 aliphatic heterocycles. The molecule has 0 radical (unpaired) electrons. The van der Waals surface area contributed by atoms with E-state index in [1.165, 1.54) is 5.06 Å². The van der Waals surface area contributed by atoms with Gasteiger partial charge < -0.3 is 9.77 Å². The zero-order chi connectivity index (χ0) is 11.1. The lowest BCUT2D eigenvalue weighted by Crippen LogP contribution is -2.12. The van der Waals surface area contributed by atoms with E-state index in [4.69, 9.17) is 0 Å². The first-order valence-corrected chi connectivity index (χ1v) is 5.15. The van der Waals surface area contributed by atoms with Gasteiger partial charge in [0.1, 0.15) is 5.69 Å². The van der Waals surface area contributed by atoms with Crippen molar-refractivity contribution in [2.24, 2.45) is 7.05 Å². The van der Waals surface area contributed by atoms with Crippen molar-refractivity contribution in [3.8, 4) is 11.5 Å². The first kappa shape index (κ1) is 9.50. The minimum atomic E-state index is 0.496. The fourth-order valence-corrected chi connectivity index (χ4v) is 2.04. The van der Waals surface area contributed by atoms with Gasteiger partial charge in [0.25, 0.3) is 0 Å². The van der Waals surface area contributed by atoms with Crippen molar-refractivity contribution >= 4 is 0 Å². The molecule has 2 aromatic rings. The largest absolute Gasteiger partial charge is 0.328 e. The molecule has 0 fully saturated rings. The quantitative estimate of drug-likeness (QED) is 0.778. The Morgan fingerprint density at radius 1 is 1.31 bits per heavy atom. The molecule has 0 bridgehead atoms. The van der Waals surface area contributed by atoms with Crippen LogP contribution < -0.4 is 0 Å². The van der Waals surface area contributed by atoms with Crippen molar-refractivity contribution in [3.63, 3.8) is 0 Å². The SMILES string of the molecule is Cn1c(-c2ccccn2)nc2c1CN(O)C2. The lowest BCUT2D eigenvalue weighted by Gasteiger charge is -2.07. The highest BCUT2D eigenvalue weighted by Gasteiger charge is 2.25. The van der Waals surface area contributed by atoms with E-state index in [0.717, 1.165) is 22.9 Å².